The van der Waals surface area contributed by atoms with Gasteiger partial charge in [-0.05, 0) is 54.4 Å². The topological polar surface area (TPSA) is 15.3 Å². The van der Waals surface area contributed by atoms with Gasteiger partial charge in [-0.2, -0.15) is 0 Å². The summed E-state index contributed by atoms with van der Waals surface area (Å²) in [5.41, 5.74) is 0.700. The predicted molar refractivity (Wildman–Crippen MR) is 77.5 cm³/mol. The normalized spacial score (nSPS) is 28.5. The van der Waals surface area contributed by atoms with Gasteiger partial charge in [0.2, 0.25) is 0 Å². The summed E-state index contributed by atoms with van der Waals surface area (Å²) in [6.45, 7) is 5.29. The van der Waals surface area contributed by atoms with Gasteiger partial charge in [0.1, 0.15) is 5.82 Å². The Kier molecular flexibility index (Phi) is 4.28. The largest absolute Gasteiger partial charge is 0.365 e. The molecule has 3 unspecified atom stereocenters. The Morgan fingerprint density at radius 3 is 2.72 bits per heavy atom. The van der Waals surface area contributed by atoms with Crippen LogP contribution in [0, 0.1) is 11.7 Å². The molecule has 1 aliphatic rings. The summed E-state index contributed by atoms with van der Waals surface area (Å²) in [6, 6.07) is 6.00. The van der Waals surface area contributed by atoms with Gasteiger partial charge in [-0.1, -0.05) is 13.0 Å². The standard InChI is InChI=1S/C14H20BrFN2/c1-9-10(2)18(8-7-13(9)17-3)14-11(15)5-4-6-12(14)16/h4-6,9-10,13,17H,7-8H2,1-3H3. The second kappa shape index (κ2) is 5.57. The van der Waals surface area contributed by atoms with E-state index in [1.54, 1.807) is 6.07 Å². The third kappa shape index (κ3) is 2.41. The molecule has 0 saturated carbocycles. The van der Waals surface area contributed by atoms with Crippen molar-refractivity contribution in [2.24, 2.45) is 5.92 Å². The SMILES string of the molecule is CNC1CCN(c2c(F)cccc2Br)C(C)C1C. The minimum atomic E-state index is -0.147. The highest BCUT2D eigenvalue weighted by atomic mass is 79.9. The highest BCUT2D eigenvalue weighted by molar-refractivity contribution is 9.10. The highest BCUT2D eigenvalue weighted by Gasteiger charge is 2.33. The molecule has 1 N–H and O–H groups in total. The van der Waals surface area contributed by atoms with Crippen LogP contribution in [-0.2, 0) is 0 Å². The van der Waals surface area contributed by atoms with E-state index < -0.39 is 0 Å². The number of halogens is 2. The fraction of sp³-hybridized carbons (Fsp3) is 0.571. The molecule has 1 heterocycles. The fourth-order valence-corrected chi connectivity index (χ4v) is 3.42. The van der Waals surface area contributed by atoms with E-state index in [-0.39, 0.29) is 5.82 Å². The summed E-state index contributed by atoms with van der Waals surface area (Å²) in [5, 5.41) is 3.35. The van der Waals surface area contributed by atoms with E-state index >= 15 is 0 Å². The Labute approximate surface area is 117 Å². The maximum Gasteiger partial charge on any atom is 0.147 e. The van der Waals surface area contributed by atoms with Gasteiger partial charge in [-0.15, -0.1) is 0 Å². The number of hydrogen-bond donors (Lipinski definition) is 1. The summed E-state index contributed by atoms with van der Waals surface area (Å²) in [6.07, 6.45) is 1.04. The van der Waals surface area contributed by atoms with E-state index in [0.29, 0.717) is 23.7 Å². The molecule has 3 atom stereocenters. The second-order valence-corrected chi connectivity index (χ2v) is 5.90. The molecule has 0 bridgehead atoms. The van der Waals surface area contributed by atoms with Crippen molar-refractivity contribution in [3.63, 3.8) is 0 Å². The van der Waals surface area contributed by atoms with Crippen LogP contribution in [0.25, 0.3) is 0 Å². The monoisotopic (exact) mass is 314 g/mol. The Morgan fingerprint density at radius 2 is 2.11 bits per heavy atom. The summed E-state index contributed by atoms with van der Waals surface area (Å²) < 4.78 is 14.9. The average molecular weight is 315 g/mol. The molecular weight excluding hydrogens is 295 g/mol. The van der Waals surface area contributed by atoms with Crippen molar-refractivity contribution >= 4 is 21.6 Å². The summed E-state index contributed by atoms with van der Waals surface area (Å²) in [4.78, 5) is 2.18. The van der Waals surface area contributed by atoms with E-state index in [2.05, 4.69) is 40.0 Å². The molecule has 1 aliphatic heterocycles. The lowest BCUT2D eigenvalue weighted by Gasteiger charge is -2.44. The third-order valence-corrected chi connectivity index (χ3v) is 4.80. The van der Waals surface area contributed by atoms with Crippen molar-refractivity contribution in [3.05, 3.63) is 28.5 Å². The van der Waals surface area contributed by atoms with E-state index in [1.165, 1.54) is 6.07 Å². The van der Waals surface area contributed by atoms with Crippen LogP contribution in [0.4, 0.5) is 10.1 Å². The minimum absolute atomic E-state index is 0.147. The molecule has 1 fully saturated rings. The van der Waals surface area contributed by atoms with Crippen LogP contribution >= 0.6 is 15.9 Å². The van der Waals surface area contributed by atoms with Crippen LogP contribution in [0.2, 0.25) is 0 Å². The summed E-state index contributed by atoms with van der Waals surface area (Å²) in [7, 11) is 2.00. The zero-order valence-corrected chi connectivity index (χ0v) is 12.7. The van der Waals surface area contributed by atoms with Gasteiger partial charge in [0.25, 0.3) is 0 Å². The lowest BCUT2D eigenvalue weighted by atomic mass is 9.86. The first-order valence-electron chi connectivity index (χ1n) is 6.44. The lowest BCUT2D eigenvalue weighted by molar-refractivity contribution is 0.281. The predicted octanol–water partition coefficient (Wildman–Crippen LogP) is 3.41. The van der Waals surface area contributed by atoms with Crippen molar-refractivity contribution in [1.29, 1.82) is 0 Å². The molecule has 0 radical (unpaired) electrons. The first kappa shape index (κ1) is 13.8. The first-order valence-corrected chi connectivity index (χ1v) is 7.23. The van der Waals surface area contributed by atoms with Crippen molar-refractivity contribution < 1.29 is 4.39 Å². The average Bonchev–Trinajstić information content (AvgIpc) is 2.34. The highest BCUT2D eigenvalue weighted by Crippen LogP contribution is 2.35. The number of piperidine rings is 1. The van der Waals surface area contributed by atoms with Crippen LogP contribution in [0.1, 0.15) is 20.3 Å². The van der Waals surface area contributed by atoms with Crippen LogP contribution in [0.3, 0.4) is 0 Å². The van der Waals surface area contributed by atoms with Gasteiger partial charge >= 0.3 is 0 Å². The second-order valence-electron chi connectivity index (χ2n) is 5.05. The van der Waals surface area contributed by atoms with Crippen molar-refractivity contribution in [2.45, 2.75) is 32.4 Å². The van der Waals surface area contributed by atoms with E-state index in [4.69, 9.17) is 0 Å². The molecule has 2 rings (SSSR count). The zero-order valence-electron chi connectivity index (χ0n) is 11.1. The summed E-state index contributed by atoms with van der Waals surface area (Å²) in [5.74, 6) is 0.349. The smallest absolute Gasteiger partial charge is 0.147 e. The molecule has 1 aromatic rings. The molecular formula is C14H20BrFN2. The first-order chi connectivity index (χ1) is 8.56. The maximum atomic E-state index is 14.0. The lowest BCUT2D eigenvalue weighted by Crippen LogP contribution is -2.53. The Balaban J connectivity index is 2.29. The molecule has 0 aromatic heterocycles. The van der Waals surface area contributed by atoms with E-state index in [9.17, 15) is 4.39 Å². The van der Waals surface area contributed by atoms with E-state index in [0.717, 1.165) is 17.4 Å². The third-order valence-electron chi connectivity index (χ3n) is 4.16. The molecule has 1 aromatic carbocycles. The number of benzene rings is 1. The Hall–Kier alpha value is -0.610. The van der Waals surface area contributed by atoms with Crippen LogP contribution in [-0.4, -0.2) is 25.7 Å². The number of para-hydroxylation sites is 1. The molecule has 18 heavy (non-hydrogen) atoms. The number of nitrogens with zero attached hydrogens (tertiary/aromatic N) is 1. The van der Waals surface area contributed by atoms with Gasteiger partial charge in [0.15, 0.2) is 0 Å². The molecule has 0 amide bonds. The van der Waals surface area contributed by atoms with Gasteiger partial charge in [0, 0.05) is 23.1 Å². The fourth-order valence-electron chi connectivity index (χ4n) is 2.85. The van der Waals surface area contributed by atoms with Crippen LogP contribution in [0.15, 0.2) is 22.7 Å². The maximum absolute atomic E-state index is 14.0. The number of rotatable bonds is 2. The van der Waals surface area contributed by atoms with E-state index in [1.807, 2.05) is 13.1 Å². The molecule has 0 aliphatic carbocycles. The molecule has 2 nitrogen and oxygen atoms in total. The van der Waals surface area contributed by atoms with Gasteiger partial charge < -0.3 is 10.2 Å². The quantitative estimate of drug-likeness (QED) is 0.900. The Morgan fingerprint density at radius 1 is 1.39 bits per heavy atom. The zero-order chi connectivity index (χ0) is 13.3. The van der Waals surface area contributed by atoms with Crippen molar-refractivity contribution in [2.75, 3.05) is 18.5 Å². The summed E-state index contributed by atoms with van der Waals surface area (Å²) >= 11 is 3.46. The number of anilines is 1. The molecule has 4 heteroatoms. The Bertz CT molecular complexity index is 404. The van der Waals surface area contributed by atoms with Crippen molar-refractivity contribution in [1.82, 2.24) is 5.32 Å². The van der Waals surface area contributed by atoms with Crippen molar-refractivity contribution in [3.8, 4) is 0 Å². The molecule has 0 spiro atoms. The van der Waals surface area contributed by atoms with Gasteiger partial charge in [0.05, 0.1) is 5.69 Å². The van der Waals surface area contributed by atoms with Crippen LogP contribution in [0.5, 0.6) is 0 Å². The van der Waals surface area contributed by atoms with Gasteiger partial charge in [-0.25, -0.2) is 4.39 Å². The number of nitrogens with one attached hydrogen (secondary N) is 1. The number of hydrogen-bond acceptors (Lipinski definition) is 2. The van der Waals surface area contributed by atoms with Crippen LogP contribution < -0.4 is 10.2 Å². The minimum Gasteiger partial charge on any atom is -0.365 e. The molecule has 1 saturated heterocycles. The van der Waals surface area contributed by atoms with Gasteiger partial charge in [-0.3, -0.25) is 0 Å². The molecule has 100 valence electrons.